The summed E-state index contributed by atoms with van der Waals surface area (Å²) in [5.74, 6) is -0.216. The third kappa shape index (κ3) is 7.03. The number of hydrogen-bond acceptors (Lipinski definition) is 9. The van der Waals surface area contributed by atoms with Gasteiger partial charge in [-0.15, -0.1) is 0 Å². The van der Waals surface area contributed by atoms with Gasteiger partial charge in [0, 0.05) is 85.3 Å². The van der Waals surface area contributed by atoms with Crippen LogP contribution in [0.3, 0.4) is 0 Å². The maximum Gasteiger partial charge on any atom is 0.339 e. The number of sulfonamides is 1. The van der Waals surface area contributed by atoms with Crippen LogP contribution in [0.4, 0.5) is 0 Å². The number of fused-ring (bicyclic) bond motifs is 2. The Hall–Kier alpha value is -5.11. The first-order chi connectivity index (χ1) is 25.0. The third-order valence-electron chi connectivity index (χ3n) is 9.82. The number of carbonyl (C=O) groups is 1. The highest BCUT2D eigenvalue weighted by atomic mass is 32.2. The average Bonchev–Trinajstić information content (AvgIpc) is 3.16. The summed E-state index contributed by atoms with van der Waals surface area (Å²) in [5, 5.41) is 2.34. The van der Waals surface area contributed by atoms with Gasteiger partial charge in [0.2, 0.25) is 15.9 Å². The highest BCUT2D eigenvalue weighted by Gasteiger charge is 2.37. The molecule has 0 N–H and O–H groups in total. The van der Waals surface area contributed by atoms with Gasteiger partial charge in [0.25, 0.3) is 0 Å². The van der Waals surface area contributed by atoms with E-state index in [1.54, 1.807) is 78.1 Å². The van der Waals surface area contributed by atoms with Crippen LogP contribution in [0.25, 0.3) is 21.5 Å². The van der Waals surface area contributed by atoms with Crippen molar-refractivity contribution in [2.75, 3.05) is 33.2 Å². The van der Waals surface area contributed by atoms with Gasteiger partial charge in [-0.05, 0) is 79.8 Å². The van der Waals surface area contributed by atoms with Gasteiger partial charge in [-0.25, -0.2) is 8.42 Å². The van der Waals surface area contributed by atoms with Crippen molar-refractivity contribution >= 4 is 47.6 Å². The number of amides is 1. The molecule has 52 heavy (non-hydrogen) atoms. The van der Waals surface area contributed by atoms with Crippen LogP contribution in [-0.2, 0) is 31.4 Å². The van der Waals surface area contributed by atoms with Crippen LogP contribution in [0.15, 0.2) is 131 Å². The van der Waals surface area contributed by atoms with Crippen LogP contribution in [0.2, 0.25) is 0 Å². The number of nitrogens with zero attached hydrogens (tertiary/aromatic N) is 5. The predicted octanol–water partition coefficient (Wildman–Crippen LogP) is 5.55. The fourth-order valence-electron chi connectivity index (χ4n) is 6.92. The van der Waals surface area contributed by atoms with Crippen LogP contribution in [-0.4, -0.2) is 86.1 Å². The first-order valence-electron chi connectivity index (χ1n) is 17.1. The Morgan fingerprint density at radius 1 is 0.827 bits per heavy atom. The average molecular weight is 738 g/mol. The third-order valence-corrected chi connectivity index (χ3v) is 13.1. The summed E-state index contributed by atoms with van der Waals surface area (Å²) in [6.07, 6.45) is 12.7. The summed E-state index contributed by atoms with van der Waals surface area (Å²) in [6, 6.07) is 18.4. The molecule has 0 saturated carbocycles. The molecule has 0 unspecified atom stereocenters. The predicted molar refractivity (Wildman–Crippen MR) is 199 cm³/mol. The number of likely N-dealkylation sites (N-methyl/N-ethyl adjacent to an activating group) is 1. The zero-order valence-corrected chi connectivity index (χ0v) is 30.6. The Balaban J connectivity index is 1.15. The maximum atomic E-state index is 14.4. The standard InChI is InChI=1S/C39H39N5O6S2/c1-28-7-3-4-10-35(28)43-21-23-44(24-22-43)39(45)36(42(2)51(46,47)37-11-5-8-30-26-40-19-17-33(30)37)25-29-13-15-32(16-14-29)50-52(48,49)38-12-6-9-31-27-41-20-18-34(31)38/h4-6,8-20,26-27,36H,3,7,21-25H2,1-2H3/t36-/m0/s1. The van der Waals surface area contributed by atoms with E-state index in [2.05, 4.69) is 33.9 Å². The molecule has 2 aromatic heterocycles. The molecule has 3 heterocycles. The second kappa shape index (κ2) is 14.5. The van der Waals surface area contributed by atoms with Crippen LogP contribution in [0.5, 0.6) is 5.75 Å². The first-order valence-corrected chi connectivity index (χ1v) is 19.9. The van der Waals surface area contributed by atoms with Crippen LogP contribution < -0.4 is 4.18 Å². The summed E-state index contributed by atoms with van der Waals surface area (Å²) in [7, 11) is -6.91. The molecule has 1 atom stereocenters. The van der Waals surface area contributed by atoms with Crippen molar-refractivity contribution in [1.29, 1.82) is 0 Å². The zero-order valence-electron chi connectivity index (χ0n) is 28.9. The Kier molecular flexibility index (Phi) is 9.84. The van der Waals surface area contributed by atoms with Gasteiger partial charge in [-0.3, -0.25) is 14.8 Å². The summed E-state index contributed by atoms with van der Waals surface area (Å²) in [5.41, 5.74) is 3.16. The van der Waals surface area contributed by atoms with Gasteiger partial charge in [0.05, 0.1) is 4.90 Å². The monoisotopic (exact) mass is 737 g/mol. The highest BCUT2D eigenvalue weighted by Crippen LogP contribution is 2.30. The van der Waals surface area contributed by atoms with Crippen molar-refractivity contribution in [3.8, 4) is 5.75 Å². The van der Waals surface area contributed by atoms with E-state index >= 15 is 0 Å². The molecule has 1 saturated heterocycles. The lowest BCUT2D eigenvalue weighted by Crippen LogP contribution is -2.55. The quantitative estimate of drug-likeness (QED) is 0.170. The highest BCUT2D eigenvalue weighted by molar-refractivity contribution is 7.89. The molecule has 268 valence electrons. The minimum Gasteiger partial charge on any atom is -0.379 e. The second-order valence-electron chi connectivity index (χ2n) is 13.0. The molecule has 1 aliphatic heterocycles. The number of pyridine rings is 2. The molecule has 1 fully saturated rings. The minimum absolute atomic E-state index is 0.0178. The van der Waals surface area contributed by atoms with Crippen molar-refractivity contribution < 1.29 is 25.8 Å². The number of allylic oxidation sites excluding steroid dienone is 3. The number of piperazine rings is 1. The van der Waals surface area contributed by atoms with E-state index in [1.165, 1.54) is 42.7 Å². The number of aromatic nitrogens is 2. The molecule has 13 heteroatoms. The maximum absolute atomic E-state index is 14.4. The van der Waals surface area contributed by atoms with Crippen LogP contribution in [0, 0.1) is 0 Å². The van der Waals surface area contributed by atoms with E-state index in [-0.39, 0.29) is 27.9 Å². The smallest absolute Gasteiger partial charge is 0.339 e. The van der Waals surface area contributed by atoms with Gasteiger partial charge in [0.1, 0.15) is 16.7 Å². The van der Waals surface area contributed by atoms with Crippen LogP contribution >= 0.6 is 0 Å². The van der Waals surface area contributed by atoms with Crippen molar-refractivity contribution in [2.24, 2.45) is 0 Å². The van der Waals surface area contributed by atoms with E-state index < -0.39 is 26.2 Å². The van der Waals surface area contributed by atoms with Gasteiger partial charge in [-0.2, -0.15) is 12.7 Å². The van der Waals surface area contributed by atoms with E-state index in [0.717, 1.165) is 17.1 Å². The van der Waals surface area contributed by atoms with E-state index in [9.17, 15) is 21.6 Å². The number of rotatable bonds is 10. The van der Waals surface area contributed by atoms with Gasteiger partial charge >= 0.3 is 10.1 Å². The first kappa shape index (κ1) is 35.3. The fourth-order valence-corrected chi connectivity index (χ4v) is 9.60. The molecule has 3 aromatic carbocycles. The van der Waals surface area contributed by atoms with Gasteiger partial charge in [0.15, 0.2) is 0 Å². The molecule has 0 bridgehead atoms. The molecule has 0 spiro atoms. The normalized spacial score (nSPS) is 16.1. The second-order valence-corrected chi connectivity index (χ2v) is 16.5. The van der Waals surface area contributed by atoms with Crippen molar-refractivity contribution in [3.05, 3.63) is 127 Å². The van der Waals surface area contributed by atoms with E-state index in [0.29, 0.717) is 53.3 Å². The largest absolute Gasteiger partial charge is 0.379 e. The molecule has 1 aliphatic carbocycles. The molecule has 5 aromatic rings. The Morgan fingerprint density at radius 2 is 1.44 bits per heavy atom. The topological polar surface area (TPSA) is 130 Å². The molecular formula is C39H39N5O6S2. The summed E-state index contributed by atoms with van der Waals surface area (Å²) in [4.78, 5) is 26.7. The van der Waals surface area contributed by atoms with Gasteiger partial charge in [-0.1, -0.05) is 42.5 Å². The fraction of sp³-hybridized carbons (Fsp3) is 0.256. The Labute approximate surface area is 304 Å². The molecule has 7 rings (SSSR count). The lowest BCUT2D eigenvalue weighted by atomic mass is 10.0. The van der Waals surface area contributed by atoms with E-state index in [1.807, 2.05) is 0 Å². The molecule has 11 nitrogen and oxygen atoms in total. The number of carbonyl (C=O) groups excluding carboxylic acids is 1. The summed E-state index contributed by atoms with van der Waals surface area (Å²) >= 11 is 0. The Bertz CT molecular complexity index is 2410. The summed E-state index contributed by atoms with van der Waals surface area (Å²) < 4.78 is 62.0. The lowest BCUT2D eigenvalue weighted by Gasteiger charge is -2.40. The Morgan fingerprint density at radius 3 is 2.08 bits per heavy atom. The zero-order chi connectivity index (χ0) is 36.5. The van der Waals surface area contributed by atoms with Crippen molar-refractivity contribution in [1.82, 2.24) is 24.1 Å². The van der Waals surface area contributed by atoms with Gasteiger partial charge < -0.3 is 14.0 Å². The van der Waals surface area contributed by atoms with Crippen molar-refractivity contribution in [3.63, 3.8) is 0 Å². The van der Waals surface area contributed by atoms with Crippen LogP contribution in [0.1, 0.15) is 25.3 Å². The molecule has 1 amide bonds. The number of hydrogen-bond donors (Lipinski definition) is 0. The summed E-state index contributed by atoms with van der Waals surface area (Å²) in [6.45, 7) is 4.31. The molecule has 2 aliphatic rings. The van der Waals surface area contributed by atoms with E-state index in [4.69, 9.17) is 4.18 Å². The van der Waals surface area contributed by atoms with Crippen molar-refractivity contribution in [2.45, 2.75) is 42.0 Å². The molecule has 0 radical (unpaired) electrons. The molecular weight excluding hydrogens is 699 g/mol. The SMILES string of the molecule is CC1=C(N2CCN(C(=O)[C@H](Cc3ccc(OS(=O)(=O)c4cccc5cnccc45)cc3)N(C)S(=O)(=O)c3cccc4cnccc34)CC2)C=CCC1. The lowest BCUT2D eigenvalue weighted by molar-refractivity contribution is -0.136. The minimum atomic E-state index is -4.19. The number of benzene rings is 3.